The highest BCUT2D eigenvalue weighted by Crippen LogP contribution is 2.45. The first-order chi connectivity index (χ1) is 14.4. The number of nitrogens with one attached hydrogen (secondary N) is 2. The van der Waals surface area contributed by atoms with Gasteiger partial charge in [0.1, 0.15) is 16.5 Å². The summed E-state index contributed by atoms with van der Waals surface area (Å²) in [6.45, 7) is 0. The Bertz CT molecular complexity index is 1070. The molecule has 1 aliphatic heterocycles. The minimum absolute atomic E-state index is 0.0817. The highest BCUT2D eigenvalue weighted by atomic mass is 32.2. The Morgan fingerprint density at radius 1 is 1.13 bits per heavy atom. The molecule has 0 saturated heterocycles. The fourth-order valence-electron chi connectivity index (χ4n) is 4.36. The van der Waals surface area contributed by atoms with Gasteiger partial charge in [0.05, 0.1) is 12.8 Å². The number of amides is 1. The normalized spacial score (nSPS) is 18.6. The van der Waals surface area contributed by atoms with Crippen LogP contribution in [-0.2, 0) is 14.8 Å². The van der Waals surface area contributed by atoms with Crippen molar-refractivity contribution in [2.45, 2.75) is 43.4 Å². The number of nitrogens with zero attached hydrogens (tertiary/aromatic N) is 1. The summed E-state index contributed by atoms with van der Waals surface area (Å²) in [4.78, 5) is 13.0. The largest absolute Gasteiger partial charge is 0.497 e. The zero-order valence-corrected chi connectivity index (χ0v) is 17.7. The van der Waals surface area contributed by atoms with Gasteiger partial charge in [-0.3, -0.25) is 4.79 Å². The molecule has 0 unspecified atom stereocenters. The van der Waals surface area contributed by atoms with Crippen molar-refractivity contribution in [3.05, 3.63) is 48.5 Å². The Balaban J connectivity index is 1.49. The van der Waals surface area contributed by atoms with Crippen LogP contribution in [0.2, 0.25) is 0 Å². The number of hydrogen-bond donors (Lipinski definition) is 2. The number of hydrogen-bond acceptors (Lipinski definition) is 5. The molecule has 0 radical (unpaired) electrons. The molecule has 0 bridgehead atoms. The molecular weight excluding hydrogens is 402 g/mol. The fourth-order valence-corrected chi connectivity index (χ4v) is 5.51. The number of methoxy groups -OCH3 is 1. The lowest BCUT2D eigenvalue weighted by atomic mass is 9.78. The van der Waals surface area contributed by atoms with Crippen LogP contribution in [-0.4, -0.2) is 27.3 Å². The van der Waals surface area contributed by atoms with Crippen LogP contribution in [0.5, 0.6) is 5.75 Å². The standard InChI is InChI=1S/C22H25N3O4S/c1-29-17-10-8-16(9-11-17)23-21(26)15-22(12-4-5-13-22)14-20-24-18-6-2-3-7-19(18)30(27,28)25-20/h2-3,6-11H,4-5,12-15H2,1H3,(H,23,26)(H,24,25). The van der Waals surface area contributed by atoms with Crippen LogP contribution in [0.1, 0.15) is 38.5 Å². The predicted molar refractivity (Wildman–Crippen MR) is 116 cm³/mol. The zero-order valence-electron chi connectivity index (χ0n) is 16.8. The summed E-state index contributed by atoms with van der Waals surface area (Å²) < 4.78 is 34.3. The predicted octanol–water partition coefficient (Wildman–Crippen LogP) is 4.19. The van der Waals surface area contributed by atoms with Gasteiger partial charge in [0.25, 0.3) is 10.0 Å². The lowest BCUT2D eigenvalue weighted by molar-refractivity contribution is -0.118. The second-order valence-electron chi connectivity index (χ2n) is 7.97. The molecule has 1 heterocycles. The summed E-state index contributed by atoms with van der Waals surface area (Å²) in [6, 6.07) is 13.9. The van der Waals surface area contributed by atoms with E-state index in [1.54, 1.807) is 55.6 Å². The number of ether oxygens (including phenoxy) is 1. The van der Waals surface area contributed by atoms with E-state index in [0.717, 1.165) is 31.4 Å². The molecule has 8 heteroatoms. The van der Waals surface area contributed by atoms with Crippen LogP contribution in [0.25, 0.3) is 0 Å². The second-order valence-corrected chi connectivity index (χ2v) is 9.54. The van der Waals surface area contributed by atoms with Crippen molar-refractivity contribution >= 4 is 33.1 Å². The van der Waals surface area contributed by atoms with E-state index < -0.39 is 10.0 Å². The molecular formula is C22H25N3O4S. The maximum absolute atomic E-state index is 12.8. The van der Waals surface area contributed by atoms with Crippen molar-refractivity contribution < 1.29 is 17.9 Å². The first kappa shape index (κ1) is 20.4. The summed E-state index contributed by atoms with van der Waals surface area (Å²) >= 11 is 0. The van der Waals surface area contributed by atoms with Gasteiger partial charge in [0.2, 0.25) is 5.91 Å². The van der Waals surface area contributed by atoms with Crippen LogP contribution < -0.4 is 15.4 Å². The fraction of sp³-hybridized carbons (Fsp3) is 0.364. The molecule has 7 nitrogen and oxygen atoms in total. The molecule has 0 aromatic heterocycles. The summed E-state index contributed by atoms with van der Waals surface area (Å²) in [7, 11) is -2.13. The number of rotatable bonds is 6. The summed E-state index contributed by atoms with van der Waals surface area (Å²) in [5.41, 5.74) is 0.946. The van der Waals surface area contributed by atoms with Crippen LogP contribution >= 0.6 is 0 Å². The van der Waals surface area contributed by atoms with Gasteiger partial charge in [-0.25, -0.2) is 0 Å². The number of benzene rings is 2. The molecule has 2 aromatic carbocycles. The lowest BCUT2D eigenvalue weighted by Gasteiger charge is -2.30. The van der Waals surface area contributed by atoms with E-state index in [1.165, 1.54) is 0 Å². The number of anilines is 2. The molecule has 30 heavy (non-hydrogen) atoms. The summed E-state index contributed by atoms with van der Waals surface area (Å²) in [5, 5.41) is 6.11. The van der Waals surface area contributed by atoms with Crippen molar-refractivity contribution in [1.29, 1.82) is 0 Å². The Kier molecular flexibility index (Phi) is 5.51. The third kappa shape index (κ3) is 4.33. The number of para-hydroxylation sites is 1. The van der Waals surface area contributed by atoms with E-state index in [1.807, 2.05) is 0 Å². The number of amidine groups is 1. The third-order valence-corrected chi connectivity index (χ3v) is 7.16. The lowest BCUT2D eigenvalue weighted by Crippen LogP contribution is -2.32. The maximum Gasteiger partial charge on any atom is 0.286 e. The molecule has 1 amide bonds. The molecule has 2 aliphatic rings. The third-order valence-electron chi connectivity index (χ3n) is 5.79. The number of carbonyl (C=O) groups excluding carboxylic acids is 1. The molecule has 0 atom stereocenters. The highest BCUT2D eigenvalue weighted by Gasteiger charge is 2.39. The van der Waals surface area contributed by atoms with E-state index >= 15 is 0 Å². The van der Waals surface area contributed by atoms with Crippen molar-refractivity contribution in [2.75, 3.05) is 17.7 Å². The molecule has 1 saturated carbocycles. The van der Waals surface area contributed by atoms with E-state index in [-0.39, 0.29) is 16.2 Å². The monoisotopic (exact) mass is 427 g/mol. The summed E-state index contributed by atoms with van der Waals surface area (Å²) in [5.74, 6) is 1.05. The Morgan fingerprint density at radius 2 is 1.83 bits per heavy atom. The molecule has 1 fully saturated rings. The van der Waals surface area contributed by atoms with Crippen molar-refractivity contribution in [2.24, 2.45) is 9.81 Å². The van der Waals surface area contributed by atoms with Crippen LogP contribution in [0, 0.1) is 5.41 Å². The number of sulfonamides is 1. The molecule has 1 aliphatic carbocycles. The molecule has 4 rings (SSSR count). The molecule has 158 valence electrons. The first-order valence-corrected chi connectivity index (χ1v) is 11.5. The van der Waals surface area contributed by atoms with Crippen molar-refractivity contribution in [3.8, 4) is 5.75 Å². The van der Waals surface area contributed by atoms with Crippen LogP contribution in [0.4, 0.5) is 11.4 Å². The summed E-state index contributed by atoms with van der Waals surface area (Å²) in [6.07, 6.45) is 4.52. The average molecular weight is 428 g/mol. The van der Waals surface area contributed by atoms with Crippen LogP contribution in [0.3, 0.4) is 0 Å². The van der Waals surface area contributed by atoms with E-state index in [2.05, 4.69) is 15.0 Å². The quantitative estimate of drug-likeness (QED) is 0.721. The van der Waals surface area contributed by atoms with Gasteiger partial charge in [-0.15, -0.1) is 4.40 Å². The number of fused-ring (bicyclic) bond motifs is 1. The maximum atomic E-state index is 12.8. The van der Waals surface area contributed by atoms with Crippen molar-refractivity contribution in [1.82, 2.24) is 0 Å². The number of carbonyl (C=O) groups is 1. The SMILES string of the molecule is COc1ccc(NC(=O)CC2(CC3=NS(=O)(=O)c4ccccc4N3)CCCC2)cc1. The molecule has 2 N–H and O–H groups in total. The smallest absolute Gasteiger partial charge is 0.286 e. The zero-order chi connectivity index (χ0) is 21.2. The Labute approximate surface area is 176 Å². The van der Waals surface area contributed by atoms with Gasteiger partial charge >= 0.3 is 0 Å². The topological polar surface area (TPSA) is 96.9 Å². The van der Waals surface area contributed by atoms with Gasteiger partial charge in [0, 0.05) is 18.5 Å². The molecule has 0 spiro atoms. The average Bonchev–Trinajstić information content (AvgIpc) is 3.15. The Morgan fingerprint density at radius 3 is 2.53 bits per heavy atom. The van der Waals surface area contributed by atoms with Gasteiger partial charge in [0.15, 0.2) is 0 Å². The van der Waals surface area contributed by atoms with Crippen molar-refractivity contribution in [3.63, 3.8) is 0 Å². The highest BCUT2D eigenvalue weighted by molar-refractivity contribution is 7.90. The minimum Gasteiger partial charge on any atom is -0.497 e. The van der Waals surface area contributed by atoms with E-state index in [0.29, 0.717) is 30.1 Å². The second kappa shape index (κ2) is 8.10. The van der Waals surface area contributed by atoms with Gasteiger partial charge in [-0.1, -0.05) is 25.0 Å². The van der Waals surface area contributed by atoms with Crippen LogP contribution in [0.15, 0.2) is 57.8 Å². The van der Waals surface area contributed by atoms with Gasteiger partial charge < -0.3 is 15.4 Å². The van der Waals surface area contributed by atoms with Gasteiger partial charge in [-0.2, -0.15) is 8.42 Å². The van der Waals surface area contributed by atoms with E-state index in [9.17, 15) is 13.2 Å². The Hall–Kier alpha value is -2.87. The minimum atomic E-state index is -3.73. The van der Waals surface area contributed by atoms with E-state index in [4.69, 9.17) is 4.74 Å². The van der Waals surface area contributed by atoms with Gasteiger partial charge in [-0.05, 0) is 54.7 Å². The molecule has 2 aromatic rings. The first-order valence-electron chi connectivity index (χ1n) is 10.0.